The average Bonchev–Trinajstić information content (AvgIpc) is 2.70. The molecule has 0 spiro atoms. The molecule has 1 aliphatic rings. The molecule has 106 valence electrons. The van der Waals surface area contributed by atoms with E-state index in [0.717, 1.165) is 0 Å². The molecule has 0 saturated carbocycles. The van der Waals surface area contributed by atoms with E-state index in [1.165, 1.54) is 11.7 Å². The molecule has 8 nitrogen and oxygen atoms in total. The van der Waals surface area contributed by atoms with Crippen molar-refractivity contribution in [1.29, 1.82) is 0 Å². The van der Waals surface area contributed by atoms with E-state index in [9.17, 15) is 9.90 Å². The van der Waals surface area contributed by atoms with E-state index in [2.05, 4.69) is 4.98 Å². The Balaban J connectivity index is 2.41. The van der Waals surface area contributed by atoms with Gasteiger partial charge in [-0.05, 0) is 6.92 Å². The Morgan fingerprint density at radius 1 is 1.63 bits per heavy atom. The van der Waals surface area contributed by atoms with Crippen molar-refractivity contribution in [2.24, 2.45) is 5.73 Å². The van der Waals surface area contributed by atoms with Crippen LogP contribution in [0.2, 0.25) is 0 Å². The van der Waals surface area contributed by atoms with E-state index in [1.54, 1.807) is 13.1 Å². The lowest BCUT2D eigenvalue weighted by molar-refractivity contribution is -0.0625. The maximum absolute atomic E-state index is 11.9. The van der Waals surface area contributed by atoms with Crippen LogP contribution in [0.3, 0.4) is 0 Å². The maximum Gasteiger partial charge on any atom is 0.351 e. The lowest BCUT2D eigenvalue weighted by Crippen LogP contribution is -2.43. The predicted octanol–water partition coefficient (Wildman–Crippen LogP) is -1.63. The summed E-state index contributed by atoms with van der Waals surface area (Å²) in [6, 6.07) is -0.523. The molecule has 0 radical (unpaired) electrons. The van der Waals surface area contributed by atoms with Gasteiger partial charge in [-0.2, -0.15) is 4.98 Å². The number of aliphatic hydroxyl groups excluding tert-OH is 1. The Labute approximate surface area is 109 Å². The second-order valence-corrected chi connectivity index (χ2v) is 4.52. The molecule has 19 heavy (non-hydrogen) atoms. The van der Waals surface area contributed by atoms with Crippen LogP contribution in [0, 0.1) is 6.92 Å². The number of aliphatic hydroxyl groups is 1. The van der Waals surface area contributed by atoms with Gasteiger partial charge in [0.2, 0.25) is 0 Å². The third-order valence-corrected chi connectivity index (χ3v) is 3.30. The first-order chi connectivity index (χ1) is 8.99. The maximum atomic E-state index is 11.9. The third kappa shape index (κ3) is 2.35. The molecule has 5 N–H and O–H groups in total. The number of hydrogen-bond acceptors (Lipinski definition) is 7. The summed E-state index contributed by atoms with van der Waals surface area (Å²) in [5.74, 6) is 0.177. The quantitative estimate of drug-likeness (QED) is 0.601. The van der Waals surface area contributed by atoms with E-state index in [0.29, 0.717) is 5.56 Å². The standard InChI is InChI=1S/C11H18N4O4/c1-5-3-15(11(17)14-9(5)13)10-8(18-2)7(12)6(4-16)19-10/h3,6-8,10,16H,4,12H2,1-2H3,(H2,13,14,17)/t6-,7+,8?,10-/m1/s1. The van der Waals surface area contributed by atoms with Crippen LogP contribution in [0.25, 0.3) is 0 Å². The number of aromatic nitrogens is 2. The molecule has 1 fully saturated rings. The fourth-order valence-electron chi connectivity index (χ4n) is 2.17. The Morgan fingerprint density at radius 3 is 2.89 bits per heavy atom. The van der Waals surface area contributed by atoms with Gasteiger partial charge >= 0.3 is 5.69 Å². The Bertz CT molecular complexity index is 518. The van der Waals surface area contributed by atoms with Gasteiger partial charge in [0.25, 0.3) is 0 Å². The minimum Gasteiger partial charge on any atom is -0.394 e. The van der Waals surface area contributed by atoms with E-state index < -0.39 is 30.2 Å². The van der Waals surface area contributed by atoms with Crippen LogP contribution < -0.4 is 17.2 Å². The summed E-state index contributed by atoms with van der Waals surface area (Å²) in [5, 5.41) is 9.20. The molecular formula is C11H18N4O4. The van der Waals surface area contributed by atoms with Crippen LogP contribution in [-0.2, 0) is 9.47 Å². The number of nitrogens with two attached hydrogens (primary N) is 2. The van der Waals surface area contributed by atoms with Crippen LogP contribution in [0.15, 0.2) is 11.0 Å². The van der Waals surface area contributed by atoms with E-state index in [1.807, 2.05) is 0 Å². The van der Waals surface area contributed by atoms with Crippen molar-refractivity contribution in [3.05, 3.63) is 22.2 Å². The number of aryl methyl sites for hydroxylation is 1. The summed E-state index contributed by atoms with van der Waals surface area (Å²) in [5.41, 5.74) is 11.6. The molecule has 2 heterocycles. The number of nitrogens with zero attached hydrogens (tertiary/aromatic N) is 2. The van der Waals surface area contributed by atoms with Crippen molar-refractivity contribution in [2.45, 2.75) is 31.4 Å². The smallest absolute Gasteiger partial charge is 0.351 e. The van der Waals surface area contributed by atoms with Crippen LogP contribution in [0.5, 0.6) is 0 Å². The largest absolute Gasteiger partial charge is 0.394 e. The summed E-state index contributed by atoms with van der Waals surface area (Å²) in [6.45, 7) is 1.49. The van der Waals surface area contributed by atoms with Crippen molar-refractivity contribution in [3.63, 3.8) is 0 Å². The monoisotopic (exact) mass is 270 g/mol. The van der Waals surface area contributed by atoms with Gasteiger partial charge in [-0.15, -0.1) is 0 Å². The van der Waals surface area contributed by atoms with Crippen LogP contribution >= 0.6 is 0 Å². The Kier molecular flexibility index (Phi) is 3.85. The highest BCUT2D eigenvalue weighted by atomic mass is 16.6. The van der Waals surface area contributed by atoms with Gasteiger partial charge in [0, 0.05) is 18.9 Å². The molecule has 1 aliphatic heterocycles. The molecule has 1 unspecified atom stereocenters. The van der Waals surface area contributed by atoms with Crippen molar-refractivity contribution in [1.82, 2.24) is 9.55 Å². The Hall–Kier alpha value is -1.48. The lowest BCUT2D eigenvalue weighted by Gasteiger charge is -2.21. The molecule has 0 amide bonds. The molecule has 2 rings (SSSR count). The summed E-state index contributed by atoms with van der Waals surface area (Å²) >= 11 is 0. The molecule has 0 bridgehead atoms. The number of anilines is 1. The zero-order chi connectivity index (χ0) is 14.2. The van der Waals surface area contributed by atoms with Crippen LogP contribution in [0.4, 0.5) is 5.82 Å². The Morgan fingerprint density at radius 2 is 2.32 bits per heavy atom. The predicted molar refractivity (Wildman–Crippen MR) is 67.4 cm³/mol. The van der Waals surface area contributed by atoms with E-state index >= 15 is 0 Å². The molecule has 4 atom stereocenters. The number of ether oxygens (including phenoxy) is 2. The number of methoxy groups -OCH3 is 1. The minimum absolute atomic E-state index is 0.177. The van der Waals surface area contributed by atoms with Crippen LogP contribution in [-0.4, -0.2) is 46.6 Å². The zero-order valence-electron chi connectivity index (χ0n) is 10.8. The number of rotatable bonds is 3. The summed E-state index contributed by atoms with van der Waals surface area (Å²) in [6.07, 6.45) is -0.302. The van der Waals surface area contributed by atoms with Crippen molar-refractivity contribution >= 4 is 5.82 Å². The highest BCUT2D eigenvalue weighted by molar-refractivity contribution is 5.35. The van der Waals surface area contributed by atoms with Gasteiger partial charge in [0.15, 0.2) is 6.23 Å². The van der Waals surface area contributed by atoms with Crippen molar-refractivity contribution in [2.75, 3.05) is 19.5 Å². The third-order valence-electron chi connectivity index (χ3n) is 3.30. The molecule has 1 aromatic heterocycles. The summed E-state index contributed by atoms with van der Waals surface area (Å²) < 4.78 is 12.1. The topological polar surface area (TPSA) is 126 Å². The fourth-order valence-corrected chi connectivity index (χ4v) is 2.17. The zero-order valence-corrected chi connectivity index (χ0v) is 10.8. The molecular weight excluding hydrogens is 252 g/mol. The number of nitrogen functional groups attached to an aromatic ring is 1. The molecule has 1 aromatic rings. The van der Waals surface area contributed by atoms with Gasteiger partial charge in [-0.25, -0.2) is 4.79 Å². The highest BCUT2D eigenvalue weighted by Crippen LogP contribution is 2.29. The second-order valence-electron chi connectivity index (χ2n) is 4.52. The van der Waals surface area contributed by atoms with E-state index in [-0.39, 0.29) is 12.4 Å². The SMILES string of the molecule is COC1[C@@H](N)[C@@H](CO)O[C@H]1n1cc(C)c(N)nc1=O. The second kappa shape index (κ2) is 5.25. The van der Waals surface area contributed by atoms with Gasteiger partial charge in [-0.3, -0.25) is 4.57 Å². The minimum atomic E-state index is -0.726. The highest BCUT2D eigenvalue weighted by Gasteiger charge is 2.44. The summed E-state index contributed by atoms with van der Waals surface area (Å²) in [4.78, 5) is 15.6. The fraction of sp³-hybridized carbons (Fsp3) is 0.636. The molecule has 0 aliphatic carbocycles. The van der Waals surface area contributed by atoms with Gasteiger partial charge in [0.1, 0.15) is 18.0 Å². The summed E-state index contributed by atoms with van der Waals surface area (Å²) in [7, 11) is 1.48. The van der Waals surface area contributed by atoms with Gasteiger partial charge in [0.05, 0.1) is 12.6 Å². The van der Waals surface area contributed by atoms with Crippen molar-refractivity contribution in [3.8, 4) is 0 Å². The lowest BCUT2D eigenvalue weighted by atomic mass is 10.1. The van der Waals surface area contributed by atoms with Gasteiger partial charge in [-0.1, -0.05) is 0 Å². The first kappa shape index (κ1) is 13.9. The first-order valence-electron chi connectivity index (χ1n) is 5.89. The first-order valence-corrected chi connectivity index (χ1v) is 5.89. The van der Waals surface area contributed by atoms with Gasteiger partial charge < -0.3 is 26.0 Å². The van der Waals surface area contributed by atoms with Crippen molar-refractivity contribution < 1.29 is 14.6 Å². The van der Waals surface area contributed by atoms with Crippen LogP contribution in [0.1, 0.15) is 11.8 Å². The molecule has 1 saturated heterocycles. The van der Waals surface area contributed by atoms with E-state index in [4.69, 9.17) is 20.9 Å². The molecule has 0 aromatic carbocycles. The normalized spacial score (nSPS) is 30.7. The molecule has 8 heteroatoms. The number of hydrogen-bond donors (Lipinski definition) is 3. The average molecular weight is 270 g/mol.